The van der Waals surface area contributed by atoms with Gasteiger partial charge in [0.25, 0.3) is 0 Å². The zero-order chi connectivity index (χ0) is 15.7. The van der Waals surface area contributed by atoms with Crippen molar-refractivity contribution in [2.45, 2.75) is 32.8 Å². The number of amides is 1. The molecular formula is C12H22ClNO6. The molecule has 0 radical (unpaired) electrons. The van der Waals surface area contributed by atoms with Gasteiger partial charge in [-0.05, 0) is 17.5 Å². The summed E-state index contributed by atoms with van der Waals surface area (Å²) in [5, 5.41) is 8.95. The zero-order valence-corrected chi connectivity index (χ0v) is 12.9. The number of esters is 1. The molecule has 0 rings (SSSR count). The number of carbonyl (C=O) groups excluding carboxylic acids is 2. The Balaban J connectivity index is 4.45. The van der Waals surface area contributed by atoms with Crippen molar-refractivity contribution < 1.29 is 28.9 Å². The highest BCUT2D eigenvalue weighted by atomic mass is 35.5. The molecule has 0 aliphatic heterocycles. The van der Waals surface area contributed by atoms with Gasteiger partial charge in [-0.2, -0.15) is 0 Å². The second-order valence-electron chi connectivity index (χ2n) is 4.57. The number of aliphatic hydroxyl groups excluding tert-OH is 1. The first-order valence-corrected chi connectivity index (χ1v) is 6.55. The van der Waals surface area contributed by atoms with Crippen molar-refractivity contribution in [3.63, 3.8) is 0 Å². The van der Waals surface area contributed by atoms with Crippen molar-refractivity contribution in [1.29, 1.82) is 0 Å². The Labute approximate surface area is 123 Å². The maximum Gasteiger partial charge on any atom is 0.318 e. The second-order valence-corrected chi connectivity index (χ2v) is 4.89. The summed E-state index contributed by atoms with van der Waals surface area (Å²) in [5.74, 6) is -0.422. The Morgan fingerprint density at radius 1 is 1.25 bits per heavy atom. The smallest absolute Gasteiger partial charge is 0.318 e. The van der Waals surface area contributed by atoms with Gasteiger partial charge in [-0.15, -0.1) is 0 Å². The van der Waals surface area contributed by atoms with Crippen molar-refractivity contribution in [1.82, 2.24) is 4.90 Å². The summed E-state index contributed by atoms with van der Waals surface area (Å²) < 4.78 is 14.7. The molecule has 0 aromatic carbocycles. The van der Waals surface area contributed by atoms with Gasteiger partial charge in [-0.3, -0.25) is 14.5 Å². The van der Waals surface area contributed by atoms with E-state index in [-0.39, 0.29) is 25.5 Å². The van der Waals surface area contributed by atoms with Crippen LogP contribution in [0.15, 0.2) is 0 Å². The van der Waals surface area contributed by atoms with Crippen molar-refractivity contribution in [2.75, 3.05) is 27.4 Å². The number of hydrogen-bond acceptors (Lipinski definition) is 6. The summed E-state index contributed by atoms with van der Waals surface area (Å²) >= 11 is 5.37. The average Bonchev–Trinajstić information content (AvgIpc) is 2.37. The molecule has 0 saturated heterocycles. The molecule has 0 saturated carbocycles. The van der Waals surface area contributed by atoms with Crippen LogP contribution < -0.4 is 0 Å². The van der Waals surface area contributed by atoms with E-state index in [2.05, 4.69) is 0 Å². The summed E-state index contributed by atoms with van der Waals surface area (Å²) in [4.78, 5) is 23.6. The molecule has 8 heteroatoms. The lowest BCUT2D eigenvalue weighted by atomic mass is 10.2. The molecule has 1 N–H and O–H groups in total. The molecule has 0 heterocycles. The van der Waals surface area contributed by atoms with E-state index < -0.39 is 23.9 Å². The molecule has 0 unspecified atom stereocenters. The minimum absolute atomic E-state index is 0.103. The first kappa shape index (κ1) is 19.1. The van der Waals surface area contributed by atoms with Crippen molar-refractivity contribution >= 4 is 22.9 Å². The first-order chi connectivity index (χ1) is 9.31. The quantitative estimate of drug-likeness (QED) is 0.298. The van der Waals surface area contributed by atoms with Crippen LogP contribution in [0, 0.1) is 5.92 Å². The van der Waals surface area contributed by atoms with Crippen molar-refractivity contribution in [3.05, 3.63) is 0 Å². The number of carbonyl (C=O) groups is 2. The Morgan fingerprint density at radius 3 is 2.20 bits per heavy atom. The summed E-state index contributed by atoms with van der Waals surface area (Å²) in [7, 11) is 2.77. The Hall–Kier alpha value is -0.890. The standard InChI is InChI=1S/C12H22ClNO6/c1-8(2)7-20-10(16)5-9(15)14(12(13)17)6-11(18-3)19-4/h8-9,11,15H,5-7H2,1-4H3/t9-/m1/s1. The third-order valence-corrected chi connectivity index (χ3v) is 2.60. The summed E-state index contributed by atoms with van der Waals surface area (Å²) in [6.45, 7) is 3.92. The molecule has 0 aliphatic carbocycles. The number of rotatable bonds is 9. The molecule has 1 amide bonds. The van der Waals surface area contributed by atoms with E-state index in [1.165, 1.54) is 14.2 Å². The molecule has 0 aromatic rings. The number of hydrogen-bond donors (Lipinski definition) is 1. The van der Waals surface area contributed by atoms with Gasteiger partial charge < -0.3 is 19.3 Å². The molecule has 20 heavy (non-hydrogen) atoms. The largest absolute Gasteiger partial charge is 0.465 e. The first-order valence-electron chi connectivity index (χ1n) is 6.17. The average molecular weight is 312 g/mol. The molecule has 0 spiro atoms. The van der Waals surface area contributed by atoms with Crippen LogP contribution in [0.25, 0.3) is 0 Å². The van der Waals surface area contributed by atoms with Gasteiger partial charge in [0, 0.05) is 14.2 Å². The molecule has 118 valence electrons. The molecular weight excluding hydrogens is 290 g/mol. The normalized spacial score (nSPS) is 12.6. The van der Waals surface area contributed by atoms with Gasteiger partial charge >= 0.3 is 11.3 Å². The van der Waals surface area contributed by atoms with Gasteiger partial charge in [0.05, 0.1) is 19.6 Å². The fourth-order valence-electron chi connectivity index (χ4n) is 1.29. The molecule has 0 bridgehead atoms. The topological polar surface area (TPSA) is 85.3 Å². The van der Waals surface area contributed by atoms with E-state index in [4.69, 9.17) is 25.8 Å². The van der Waals surface area contributed by atoms with Gasteiger partial charge in [0.15, 0.2) is 6.29 Å². The Bertz CT molecular complexity index is 308. The van der Waals surface area contributed by atoms with Crippen LogP contribution in [-0.4, -0.2) is 61.2 Å². The van der Waals surface area contributed by atoms with Gasteiger partial charge in [-0.1, -0.05) is 13.8 Å². The van der Waals surface area contributed by atoms with E-state index in [9.17, 15) is 14.7 Å². The number of ether oxygens (including phenoxy) is 3. The summed E-state index contributed by atoms with van der Waals surface area (Å²) in [5.41, 5.74) is 0. The molecule has 0 aromatic heterocycles. The zero-order valence-electron chi connectivity index (χ0n) is 12.2. The van der Waals surface area contributed by atoms with Crippen molar-refractivity contribution in [2.24, 2.45) is 5.92 Å². The van der Waals surface area contributed by atoms with E-state index in [0.717, 1.165) is 4.90 Å². The number of methoxy groups -OCH3 is 2. The second kappa shape index (κ2) is 9.93. The van der Waals surface area contributed by atoms with Crippen LogP contribution in [0.5, 0.6) is 0 Å². The molecule has 0 fully saturated rings. The lowest BCUT2D eigenvalue weighted by Crippen LogP contribution is -2.44. The van der Waals surface area contributed by atoms with Crippen LogP contribution in [0.1, 0.15) is 20.3 Å². The minimum atomic E-state index is -1.40. The van der Waals surface area contributed by atoms with Crippen LogP contribution in [0.4, 0.5) is 4.79 Å². The SMILES string of the molecule is COC(CN(C(=O)Cl)[C@H](O)CC(=O)OCC(C)C)OC. The Morgan fingerprint density at radius 2 is 1.80 bits per heavy atom. The lowest BCUT2D eigenvalue weighted by molar-refractivity contribution is -0.152. The predicted molar refractivity (Wildman–Crippen MR) is 72.2 cm³/mol. The molecule has 7 nitrogen and oxygen atoms in total. The molecule has 1 atom stereocenters. The fourth-order valence-corrected chi connectivity index (χ4v) is 1.48. The van der Waals surface area contributed by atoms with Gasteiger partial charge in [0.1, 0.15) is 6.23 Å². The van der Waals surface area contributed by atoms with Gasteiger partial charge in [-0.25, -0.2) is 0 Å². The predicted octanol–water partition coefficient (Wildman–Crippen LogP) is 1.17. The van der Waals surface area contributed by atoms with Crippen LogP contribution in [0.3, 0.4) is 0 Å². The van der Waals surface area contributed by atoms with E-state index in [1.54, 1.807) is 0 Å². The monoisotopic (exact) mass is 311 g/mol. The number of halogens is 1. The highest BCUT2D eigenvalue weighted by molar-refractivity contribution is 6.62. The highest BCUT2D eigenvalue weighted by Crippen LogP contribution is 2.10. The molecule has 0 aliphatic rings. The minimum Gasteiger partial charge on any atom is -0.465 e. The van der Waals surface area contributed by atoms with Crippen LogP contribution >= 0.6 is 11.6 Å². The fraction of sp³-hybridized carbons (Fsp3) is 0.833. The number of aliphatic hydroxyl groups is 1. The van der Waals surface area contributed by atoms with E-state index in [0.29, 0.717) is 0 Å². The lowest BCUT2D eigenvalue weighted by Gasteiger charge is -2.28. The Kier molecular flexibility index (Phi) is 9.49. The summed E-state index contributed by atoms with van der Waals surface area (Å²) in [6.07, 6.45) is -2.52. The van der Waals surface area contributed by atoms with Gasteiger partial charge in [0.2, 0.25) is 0 Å². The van der Waals surface area contributed by atoms with Crippen molar-refractivity contribution in [3.8, 4) is 0 Å². The van der Waals surface area contributed by atoms with Crippen LogP contribution in [-0.2, 0) is 19.0 Å². The van der Waals surface area contributed by atoms with E-state index in [1.807, 2.05) is 13.8 Å². The third-order valence-electron chi connectivity index (χ3n) is 2.38. The van der Waals surface area contributed by atoms with Crippen LogP contribution in [0.2, 0.25) is 0 Å². The maximum atomic E-state index is 11.5. The summed E-state index contributed by atoms with van der Waals surface area (Å²) in [6, 6.07) is 0. The third kappa shape index (κ3) is 7.64. The number of nitrogens with zero attached hydrogens (tertiary/aromatic N) is 1. The highest BCUT2D eigenvalue weighted by Gasteiger charge is 2.26. The van der Waals surface area contributed by atoms with E-state index >= 15 is 0 Å². The maximum absolute atomic E-state index is 11.5.